The van der Waals surface area contributed by atoms with Crippen LogP contribution in [-0.4, -0.2) is 54.2 Å². The van der Waals surface area contributed by atoms with E-state index in [1.807, 2.05) is 0 Å². The van der Waals surface area contributed by atoms with Crippen molar-refractivity contribution in [2.45, 2.75) is 86.8 Å². The molecule has 0 radical (unpaired) electrons. The van der Waals surface area contributed by atoms with Gasteiger partial charge in [-0.1, -0.05) is 0 Å². The van der Waals surface area contributed by atoms with Gasteiger partial charge in [0.1, 0.15) is 6.10 Å². The van der Waals surface area contributed by atoms with Crippen LogP contribution in [0.3, 0.4) is 0 Å². The van der Waals surface area contributed by atoms with E-state index in [9.17, 15) is 19.5 Å². The van der Waals surface area contributed by atoms with E-state index in [-0.39, 0.29) is 27.3 Å². The minimum atomic E-state index is -1.50. The maximum Gasteiger partial charge on any atom is 0.313 e. The molecule has 0 aromatic carbocycles. The Bertz CT molecular complexity index is 665. The van der Waals surface area contributed by atoms with Crippen molar-refractivity contribution in [2.24, 2.45) is 16.2 Å². The Kier molecular flexibility index (Phi) is 5.87. The molecule has 0 amide bonds. The van der Waals surface area contributed by atoms with Gasteiger partial charge in [0.2, 0.25) is 12.4 Å². The fourth-order valence-electron chi connectivity index (χ4n) is 1.96. The van der Waals surface area contributed by atoms with Gasteiger partial charge in [0.25, 0.3) is 0 Å². The summed E-state index contributed by atoms with van der Waals surface area (Å²) in [7, 11) is 0. The average molecular weight is 406 g/mol. The normalized spacial score (nSPS) is 27.8. The fraction of sp³-hybridized carbons (Fsp3) is 0.850. The molecule has 4 atom stereocenters. The van der Waals surface area contributed by atoms with Crippen LogP contribution >= 0.6 is 0 Å². The van der Waals surface area contributed by atoms with Gasteiger partial charge in [-0.15, -0.1) is 0 Å². The highest BCUT2D eigenvalue weighted by atomic mass is 16.7. The molecule has 1 unspecified atom stereocenters. The van der Waals surface area contributed by atoms with Gasteiger partial charge in [0, 0.05) is 4.11 Å². The molecule has 1 heterocycles. The molecule has 1 rings (SSSR count). The Labute approximate surface area is 171 Å². The Morgan fingerprint density at radius 2 is 1.21 bits per heavy atom. The van der Waals surface area contributed by atoms with Crippen LogP contribution in [0.2, 0.25) is 0 Å². The van der Waals surface area contributed by atoms with Gasteiger partial charge in [0.05, 0.1) is 22.9 Å². The van der Waals surface area contributed by atoms with E-state index in [1.165, 1.54) is 41.5 Å². The van der Waals surface area contributed by atoms with E-state index in [0.29, 0.717) is 0 Å². The molecule has 0 aromatic rings. The van der Waals surface area contributed by atoms with Crippen LogP contribution in [0.5, 0.6) is 0 Å². The lowest BCUT2D eigenvalue weighted by Gasteiger charge is -2.40. The van der Waals surface area contributed by atoms with Gasteiger partial charge < -0.3 is 24.1 Å². The summed E-state index contributed by atoms with van der Waals surface area (Å²) in [4.78, 5) is 37.6. The lowest BCUT2D eigenvalue weighted by Crippen LogP contribution is -2.59. The van der Waals surface area contributed by atoms with Crippen molar-refractivity contribution < 1.29 is 42.5 Å². The summed E-state index contributed by atoms with van der Waals surface area (Å²) in [6.45, 7) is 7.73. The minimum absolute atomic E-state index is 0.270. The maximum atomic E-state index is 12.6. The van der Waals surface area contributed by atoms with E-state index in [2.05, 4.69) is 0 Å². The van der Waals surface area contributed by atoms with Crippen LogP contribution in [0.1, 0.15) is 66.4 Å². The molecule has 1 aliphatic heterocycles. The second-order valence-corrected chi connectivity index (χ2v) is 9.07. The second kappa shape index (κ2) is 8.37. The zero-order valence-corrected chi connectivity index (χ0v) is 17.4. The number of carbonyl (C=O) groups excluding carboxylic acids is 3. The van der Waals surface area contributed by atoms with Crippen molar-refractivity contribution in [3.05, 3.63) is 0 Å². The topological polar surface area (TPSA) is 108 Å². The second-order valence-electron chi connectivity index (χ2n) is 9.07. The fourth-order valence-corrected chi connectivity index (χ4v) is 1.96. The van der Waals surface area contributed by atoms with Crippen molar-refractivity contribution in [3.63, 3.8) is 0 Å². The van der Waals surface area contributed by atoms with Crippen molar-refractivity contribution in [1.82, 2.24) is 0 Å². The van der Waals surface area contributed by atoms with E-state index in [0.717, 1.165) is 0 Å². The molecular weight excluding hydrogens is 368 g/mol. The first-order valence-electron chi connectivity index (χ1n) is 11.1. The van der Waals surface area contributed by atoms with Gasteiger partial charge in [-0.3, -0.25) is 14.4 Å². The summed E-state index contributed by atoms with van der Waals surface area (Å²) in [5.41, 5.74) is -3.58. The summed E-state index contributed by atoms with van der Waals surface area (Å²) in [5, 5.41) is 10.4. The zero-order valence-electron chi connectivity index (χ0n) is 20.4. The van der Waals surface area contributed by atoms with Gasteiger partial charge in [-0.25, -0.2) is 0 Å². The van der Waals surface area contributed by atoms with E-state index in [1.54, 1.807) is 0 Å². The quantitative estimate of drug-likeness (QED) is 0.562. The standard InChI is InChI=1S/C20H34O8/c1-18(2,3)15(22)26-12-11(21)10-25-14(28-17(24)20(7,8)9)13(12)27-16(23)19(4,5)6/h11-14,21H,10H2,1-9H3/t11-,12-,13+,14?/m1/s1/i1D,4D,7D. The molecule has 1 saturated heterocycles. The smallest absolute Gasteiger partial charge is 0.313 e. The first kappa shape index (κ1) is 19.6. The van der Waals surface area contributed by atoms with Gasteiger partial charge >= 0.3 is 17.9 Å². The Morgan fingerprint density at radius 1 is 0.821 bits per heavy atom. The number of aliphatic hydroxyl groups excluding tert-OH is 1. The highest BCUT2D eigenvalue weighted by Gasteiger charge is 2.49. The van der Waals surface area contributed by atoms with E-state index >= 15 is 0 Å². The molecule has 1 N–H and O–H groups in total. The van der Waals surface area contributed by atoms with Crippen molar-refractivity contribution in [2.75, 3.05) is 6.61 Å². The molecular formula is C20H34O8. The summed E-state index contributed by atoms with van der Waals surface area (Å²) in [6, 6.07) is 0. The lowest BCUT2D eigenvalue weighted by molar-refractivity contribution is -0.278. The molecule has 162 valence electrons. The predicted molar refractivity (Wildman–Crippen MR) is 100.0 cm³/mol. The summed E-state index contributed by atoms with van der Waals surface area (Å²) in [5.74, 6) is -2.42. The predicted octanol–water partition coefficient (Wildman–Crippen LogP) is 2.21. The summed E-state index contributed by atoms with van der Waals surface area (Å²) in [6.07, 6.45) is -5.81. The molecule has 28 heavy (non-hydrogen) atoms. The van der Waals surface area contributed by atoms with Crippen LogP contribution < -0.4 is 0 Å². The van der Waals surface area contributed by atoms with Crippen LogP contribution in [0, 0.1) is 16.2 Å². The van der Waals surface area contributed by atoms with E-state index < -0.39 is 58.8 Å². The molecule has 0 aliphatic carbocycles. The summed E-state index contributed by atoms with van der Waals surface area (Å²) >= 11 is 0. The van der Waals surface area contributed by atoms with Gasteiger partial charge in [0.15, 0.2) is 6.10 Å². The van der Waals surface area contributed by atoms with Crippen molar-refractivity contribution in [3.8, 4) is 0 Å². The third kappa shape index (κ3) is 6.44. The number of aliphatic hydroxyl groups is 1. The monoisotopic (exact) mass is 405 g/mol. The van der Waals surface area contributed by atoms with Gasteiger partial charge in [-0.05, 0) is 62.2 Å². The molecule has 0 aromatic heterocycles. The molecule has 0 spiro atoms. The molecule has 0 saturated carbocycles. The number of hydrogen-bond acceptors (Lipinski definition) is 8. The van der Waals surface area contributed by atoms with E-state index in [4.69, 9.17) is 23.1 Å². The van der Waals surface area contributed by atoms with Crippen LogP contribution in [-0.2, 0) is 33.3 Å². The number of carbonyl (C=O) groups is 3. The van der Waals surface area contributed by atoms with Crippen molar-refractivity contribution in [1.29, 1.82) is 0 Å². The number of ether oxygens (including phenoxy) is 4. The van der Waals surface area contributed by atoms with Gasteiger partial charge in [-0.2, -0.15) is 0 Å². The van der Waals surface area contributed by atoms with Crippen molar-refractivity contribution >= 4 is 17.9 Å². The highest BCUT2D eigenvalue weighted by molar-refractivity contribution is 5.77. The number of hydrogen-bond donors (Lipinski definition) is 1. The number of esters is 3. The average Bonchev–Trinajstić information content (AvgIpc) is 2.71. The Hall–Kier alpha value is -1.67. The Morgan fingerprint density at radius 3 is 1.64 bits per heavy atom. The number of rotatable bonds is 3. The molecule has 1 aliphatic rings. The molecule has 0 bridgehead atoms. The summed E-state index contributed by atoms with van der Waals surface area (Å²) < 4.78 is 44.1. The third-order valence-corrected chi connectivity index (χ3v) is 3.77. The molecule has 1 fully saturated rings. The SMILES string of the molecule is [2H]CC(C)(C)C(=O)OC1OC[C@@H](O)[C@@H](OC(=O)C(C)(C)C[2H])[C@@H]1OC(=O)C(C)(C)C[2H]. The minimum Gasteiger partial charge on any atom is -0.455 e. The van der Waals surface area contributed by atoms with Crippen LogP contribution in [0.25, 0.3) is 0 Å². The largest absolute Gasteiger partial charge is 0.455 e. The third-order valence-electron chi connectivity index (χ3n) is 3.77. The maximum absolute atomic E-state index is 12.6. The lowest BCUT2D eigenvalue weighted by atomic mass is 9.95. The highest BCUT2D eigenvalue weighted by Crippen LogP contribution is 2.29. The first-order chi connectivity index (χ1) is 14.1. The zero-order chi connectivity index (χ0) is 24.2. The van der Waals surface area contributed by atoms with Crippen LogP contribution in [0.15, 0.2) is 0 Å². The first-order valence-corrected chi connectivity index (χ1v) is 8.93. The Balaban J connectivity index is 3.25. The van der Waals surface area contributed by atoms with Crippen LogP contribution in [0.4, 0.5) is 0 Å². The molecule has 8 nitrogen and oxygen atoms in total. The molecule has 8 heteroatoms.